The van der Waals surface area contributed by atoms with Gasteiger partial charge in [-0.2, -0.15) is 0 Å². The van der Waals surface area contributed by atoms with E-state index in [1.807, 2.05) is 20.8 Å². The lowest BCUT2D eigenvalue weighted by molar-refractivity contribution is -0.139. The van der Waals surface area contributed by atoms with Crippen LogP contribution in [0.2, 0.25) is 0 Å². The number of carbonyl (C=O) groups excluding carboxylic acids is 2. The number of nitrogens with one attached hydrogen (secondary N) is 2. The number of aryl methyl sites for hydroxylation is 1. The van der Waals surface area contributed by atoms with Crippen molar-refractivity contribution in [1.82, 2.24) is 5.32 Å². The van der Waals surface area contributed by atoms with Crippen LogP contribution in [0.25, 0.3) is 0 Å². The van der Waals surface area contributed by atoms with E-state index in [1.165, 1.54) is 0 Å². The van der Waals surface area contributed by atoms with Gasteiger partial charge in [0.15, 0.2) is 6.61 Å². The number of hydrogen-bond donors (Lipinski definition) is 3. The second-order valence-electron chi connectivity index (χ2n) is 6.72. The van der Waals surface area contributed by atoms with Crippen molar-refractivity contribution in [2.45, 2.75) is 34.1 Å². The van der Waals surface area contributed by atoms with Crippen molar-refractivity contribution >= 4 is 23.5 Å². The first-order chi connectivity index (χ1) is 11.1. The Bertz CT molecular complexity index is 620. The van der Waals surface area contributed by atoms with Gasteiger partial charge in [-0.25, -0.2) is 4.79 Å². The molecule has 0 spiro atoms. The number of amides is 2. The quantitative estimate of drug-likeness (QED) is 0.706. The highest BCUT2D eigenvalue weighted by Gasteiger charge is 2.16. The minimum Gasteiger partial charge on any atom is -0.482 e. The van der Waals surface area contributed by atoms with E-state index in [-0.39, 0.29) is 23.8 Å². The van der Waals surface area contributed by atoms with Crippen molar-refractivity contribution in [3.05, 3.63) is 23.8 Å². The Kier molecular flexibility index (Phi) is 6.76. The Hall–Kier alpha value is -2.57. The van der Waals surface area contributed by atoms with Gasteiger partial charge in [-0.05, 0) is 36.1 Å². The number of hydrogen-bond acceptors (Lipinski definition) is 4. The maximum Gasteiger partial charge on any atom is 0.341 e. The zero-order valence-corrected chi connectivity index (χ0v) is 14.4. The molecule has 7 heteroatoms. The number of anilines is 1. The number of carboxylic acid groups (broad SMARTS) is 1. The summed E-state index contributed by atoms with van der Waals surface area (Å²) >= 11 is 0. The van der Waals surface area contributed by atoms with Gasteiger partial charge in [-0.15, -0.1) is 0 Å². The Morgan fingerprint density at radius 2 is 1.83 bits per heavy atom. The van der Waals surface area contributed by atoms with Gasteiger partial charge in [0.1, 0.15) is 5.75 Å². The summed E-state index contributed by atoms with van der Waals surface area (Å²) in [4.78, 5) is 34.1. The molecule has 0 unspecified atom stereocenters. The van der Waals surface area contributed by atoms with E-state index < -0.39 is 12.6 Å². The van der Waals surface area contributed by atoms with Gasteiger partial charge in [0.05, 0.1) is 6.54 Å². The minimum atomic E-state index is -1.06. The highest BCUT2D eigenvalue weighted by molar-refractivity contribution is 5.95. The summed E-state index contributed by atoms with van der Waals surface area (Å²) in [7, 11) is 0. The van der Waals surface area contributed by atoms with E-state index in [0.717, 1.165) is 5.56 Å². The van der Waals surface area contributed by atoms with E-state index >= 15 is 0 Å². The van der Waals surface area contributed by atoms with Gasteiger partial charge in [-0.3, -0.25) is 9.59 Å². The zero-order valence-electron chi connectivity index (χ0n) is 14.4. The summed E-state index contributed by atoms with van der Waals surface area (Å²) in [5.41, 5.74) is 1.17. The van der Waals surface area contributed by atoms with Crippen molar-refractivity contribution in [1.29, 1.82) is 0 Å². The van der Waals surface area contributed by atoms with E-state index in [9.17, 15) is 14.4 Å². The molecule has 0 saturated heterocycles. The Labute approximate surface area is 141 Å². The molecule has 0 saturated carbocycles. The van der Waals surface area contributed by atoms with Crippen LogP contribution in [-0.4, -0.2) is 36.0 Å². The maximum absolute atomic E-state index is 11.9. The normalized spacial score (nSPS) is 10.8. The molecular weight excluding hydrogens is 312 g/mol. The lowest BCUT2D eigenvalue weighted by Gasteiger charge is -2.17. The Balaban J connectivity index is 2.52. The van der Waals surface area contributed by atoms with Crippen LogP contribution in [0.4, 0.5) is 5.69 Å². The second-order valence-corrected chi connectivity index (χ2v) is 6.72. The number of ether oxygens (including phenoxy) is 1. The summed E-state index contributed by atoms with van der Waals surface area (Å²) in [6.07, 6.45) is 0.342. The SMILES string of the molecule is Cc1cc(OCC(=O)O)ccc1NC(=O)CNC(=O)CC(C)(C)C. The summed E-state index contributed by atoms with van der Waals surface area (Å²) in [6, 6.07) is 4.84. The van der Waals surface area contributed by atoms with Gasteiger partial charge in [0.2, 0.25) is 11.8 Å². The molecule has 0 aliphatic heterocycles. The van der Waals surface area contributed by atoms with Crippen molar-refractivity contribution in [3.8, 4) is 5.75 Å². The summed E-state index contributed by atoms with van der Waals surface area (Å²) in [5, 5.41) is 13.9. The topological polar surface area (TPSA) is 105 Å². The van der Waals surface area contributed by atoms with Crippen molar-refractivity contribution < 1.29 is 24.2 Å². The summed E-state index contributed by atoms with van der Waals surface area (Å²) in [5.74, 6) is -1.16. The van der Waals surface area contributed by atoms with Crippen molar-refractivity contribution in [2.24, 2.45) is 5.41 Å². The number of carbonyl (C=O) groups is 3. The van der Waals surface area contributed by atoms with Crippen LogP contribution < -0.4 is 15.4 Å². The molecule has 24 heavy (non-hydrogen) atoms. The van der Waals surface area contributed by atoms with Crippen LogP contribution in [0.15, 0.2) is 18.2 Å². The van der Waals surface area contributed by atoms with Crippen LogP contribution in [-0.2, 0) is 14.4 Å². The molecule has 1 rings (SSSR count). The fourth-order valence-electron chi connectivity index (χ4n) is 1.93. The molecule has 1 aromatic carbocycles. The molecule has 0 heterocycles. The highest BCUT2D eigenvalue weighted by atomic mass is 16.5. The van der Waals surface area contributed by atoms with E-state index in [0.29, 0.717) is 17.9 Å². The number of carboxylic acids is 1. The van der Waals surface area contributed by atoms with Gasteiger partial charge in [0, 0.05) is 12.1 Å². The smallest absolute Gasteiger partial charge is 0.341 e. The van der Waals surface area contributed by atoms with Crippen molar-refractivity contribution in [2.75, 3.05) is 18.5 Å². The summed E-state index contributed by atoms with van der Waals surface area (Å²) < 4.78 is 5.06. The van der Waals surface area contributed by atoms with Crippen LogP contribution in [0.3, 0.4) is 0 Å². The fraction of sp³-hybridized carbons (Fsp3) is 0.471. The standard InChI is InChI=1S/C17H24N2O5/c1-11-7-12(24-10-16(22)23)5-6-13(11)19-15(21)9-18-14(20)8-17(2,3)4/h5-7H,8-10H2,1-4H3,(H,18,20)(H,19,21)(H,22,23). The number of benzene rings is 1. The van der Waals surface area contributed by atoms with Crippen molar-refractivity contribution in [3.63, 3.8) is 0 Å². The Morgan fingerprint density at radius 1 is 1.17 bits per heavy atom. The molecular formula is C17H24N2O5. The molecule has 132 valence electrons. The third kappa shape index (κ3) is 7.62. The van der Waals surface area contributed by atoms with Gasteiger partial charge in [0.25, 0.3) is 0 Å². The first-order valence-electron chi connectivity index (χ1n) is 7.58. The van der Waals surface area contributed by atoms with E-state index in [4.69, 9.17) is 9.84 Å². The molecule has 0 bridgehead atoms. The lowest BCUT2D eigenvalue weighted by Crippen LogP contribution is -2.34. The van der Waals surface area contributed by atoms with E-state index in [2.05, 4.69) is 10.6 Å². The highest BCUT2D eigenvalue weighted by Crippen LogP contribution is 2.21. The first kappa shape index (κ1) is 19.5. The van der Waals surface area contributed by atoms with Gasteiger partial charge < -0.3 is 20.5 Å². The van der Waals surface area contributed by atoms with Crippen LogP contribution in [0.5, 0.6) is 5.75 Å². The van der Waals surface area contributed by atoms with Crippen LogP contribution >= 0.6 is 0 Å². The fourth-order valence-corrected chi connectivity index (χ4v) is 1.93. The molecule has 0 radical (unpaired) electrons. The third-order valence-electron chi connectivity index (χ3n) is 2.97. The largest absolute Gasteiger partial charge is 0.482 e. The lowest BCUT2D eigenvalue weighted by atomic mass is 9.92. The molecule has 3 N–H and O–H groups in total. The average molecular weight is 336 g/mol. The molecule has 0 aliphatic carbocycles. The molecule has 0 aromatic heterocycles. The minimum absolute atomic E-state index is 0.106. The molecule has 0 fully saturated rings. The second kappa shape index (κ2) is 8.33. The zero-order chi connectivity index (χ0) is 18.3. The predicted molar refractivity (Wildman–Crippen MR) is 90.0 cm³/mol. The van der Waals surface area contributed by atoms with E-state index in [1.54, 1.807) is 25.1 Å². The predicted octanol–water partition coefficient (Wildman–Crippen LogP) is 1.95. The molecule has 7 nitrogen and oxygen atoms in total. The molecule has 0 aliphatic rings. The van der Waals surface area contributed by atoms with Crippen LogP contribution in [0, 0.1) is 12.3 Å². The number of aliphatic carboxylic acids is 1. The van der Waals surface area contributed by atoms with Crippen LogP contribution in [0.1, 0.15) is 32.8 Å². The first-order valence-corrected chi connectivity index (χ1v) is 7.58. The Morgan fingerprint density at radius 3 is 2.38 bits per heavy atom. The molecule has 0 atom stereocenters. The summed E-state index contributed by atoms with van der Waals surface area (Å²) in [6.45, 7) is 7.08. The third-order valence-corrected chi connectivity index (χ3v) is 2.97. The number of rotatable bonds is 7. The maximum atomic E-state index is 11.9. The average Bonchev–Trinajstić information content (AvgIpc) is 2.43. The van der Waals surface area contributed by atoms with Gasteiger partial charge in [-0.1, -0.05) is 20.8 Å². The molecule has 2 amide bonds. The van der Waals surface area contributed by atoms with Gasteiger partial charge >= 0.3 is 5.97 Å². The molecule has 1 aromatic rings. The monoisotopic (exact) mass is 336 g/mol.